The summed E-state index contributed by atoms with van der Waals surface area (Å²) in [6, 6.07) is 13.4. The Morgan fingerprint density at radius 3 is 2.28 bits per heavy atom. The van der Waals surface area contributed by atoms with E-state index in [2.05, 4.69) is 31.9 Å². The summed E-state index contributed by atoms with van der Waals surface area (Å²) in [6.45, 7) is 3.88. The van der Waals surface area contributed by atoms with Crippen LogP contribution in [0.5, 0.6) is 5.75 Å². The SMILES string of the molecule is COc1ccc(S(=O)(=O)n2c3c(c4ccccc42)C(=O)C(Br)(Br)[C@@H](C)[C@@H]3C)cc1. The van der Waals surface area contributed by atoms with Gasteiger partial charge in [-0.05, 0) is 36.2 Å². The van der Waals surface area contributed by atoms with Crippen LogP contribution in [0.4, 0.5) is 0 Å². The Labute approximate surface area is 186 Å². The fourth-order valence-electron chi connectivity index (χ4n) is 3.92. The van der Waals surface area contributed by atoms with E-state index < -0.39 is 13.3 Å². The van der Waals surface area contributed by atoms with Gasteiger partial charge < -0.3 is 4.74 Å². The van der Waals surface area contributed by atoms with Crippen LogP contribution in [-0.2, 0) is 10.0 Å². The lowest BCUT2D eigenvalue weighted by atomic mass is 9.79. The molecule has 8 heteroatoms. The molecule has 4 rings (SSSR count). The number of halogens is 2. The van der Waals surface area contributed by atoms with E-state index >= 15 is 0 Å². The van der Waals surface area contributed by atoms with Crippen molar-refractivity contribution in [3.05, 3.63) is 59.8 Å². The van der Waals surface area contributed by atoms with Crippen molar-refractivity contribution in [2.75, 3.05) is 7.11 Å². The third kappa shape index (κ3) is 2.91. The molecule has 1 aromatic heterocycles. The van der Waals surface area contributed by atoms with Gasteiger partial charge in [-0.3, -0.25) is 4.79 Å². The summed E-state index contributed by atoms with van der Waals surface area (Å²) in [6.07, 6.45) is 0. The van der Waals surface area contributed by atoms with Crippen LogP contribution in [0.15, 0.2) is 53.4 Å². The van der Waals surface area contributed by atoms with E-state index in [1.165, 1.54) is 23.2 Å². The van der Waals surface area contributed by atoms with E-state index in [-0.39, 0.29) is 22.5 Å². The van der Waals surface area contributed by atoms with Gasteiger partial charge in [-0.25, -0.2) is 12.4 Å². The van der Waals surface area contributed by atoms with Gasteiger partial charge in [-0.15, -0.1) is 0 Å². The maximum atomic E-state index is 13.7. The highest BCUT2D eigenvalue weighted by atomic mass is 79.9. The van der Waals surface area contributed by atoms with E-state index in [1.807, 2.05) is 19.9 Å². The average molecular weight is 541 g/mol. The molecular formula is C21H19Br2NO4S. The Balaban J connectivity index is 2.08. The third-order valence-electron chi connectivity index (χ3n) is 5.75. The Morgan fingerprint density at radius 2 is 1.66 bits per heavy atom. The number of Topliss-reactive ketones (excluding diaryl/α,β-unsaturated/α-hetero) is 1. The van der Waals surface area contributed by atoms with Crippen molar-refractivity contribution >= 4 is 58.6 Å². The Hall–Kier alpha value is -1.64. The topological polar surface area (TPSA) is 65.4 Å². The third-order valence-corrected chi connectivity index (χ3v) is 9.65. The fourth-order valence-corrected chi connectivity index (χ4v) is 6.73. The number of para-hydroxylation sites is 1. The van der Waals surface area contributed by atoms with Crippen LogP contribution in [0.1, 0.15) is 35.8 Å². The summed E-state index contributed by atoms with van der Waals surface area (Å²) in [4.78, 5) is 13.5. The van der Waals surface area contributed by atoms with Crippen LogP contribution in [0.3, 0.4) is 0 Å². The normalized spacial score (nSPS) is 21.2. The first kappa shape index (κ1) is 20.6. The number of benzene rings is 2. The molecule has 29 heavy (non-hydrogen) atoms. The van der Waals surface area contributed by atoms with Gasteiger partial charge in [0.2, 0.25) is 0 Å². The maximum Gasteiger partial charge on any atom is 0.268 e. The smallest absolute Gasteiger partial charge is 0.268 e. The molecule has 0 radical (unpaired) electrons. The molecule has 0 fully saturated rings. The number of aromatic nitrogens is 1. The van der Waals surface area contributed by atoms with E-state index in [0.29, 0.717) is 27.9 Å². The number of fused-ring (bicyclic) bond motifs is 3. The number of ether oxygens (including phenoxy) is 1. The van der Waals surface area contributed by atoms with Gasteiger partial charge in [0, 0.05) is 17.0 Å². The Morgan fingerprint density at radius 1 is 1.03 bits per heavy atom. The molecule has 0 spiro atoms. The molecule has 2 atom stereocenters. The molecule has 0 saturated heterocycles. The first-order valence-electron chi connectivity index (χ1n) is 9.08. The molecule has 1 heterocycles. The second-order valence-corrected chi connectivity index (χ2v) is 12.6. The molecule has 1 aliphatic carbocycles. The minimum Gasteiger partial charge on any atom is -0.497 e. The molecule has 0 N–H and O–H groups in total. The van der Waals surface area contributed by atoms with Gasteiger partial charge in [0.15, 0.2) is 5.78 Å². The van der Waals surface area contributed by atoms with Crippen molar-refractivity contribution in [1.29, 1.82) is 0 Å². The quantitative estimate of drug-likeness (QED) is 0.422. The molecule has 0 aliphatic heterocycles. The predicted octanol–water partition coefficient (Wildman–Crippen LogP) is 5.31. The second kappa shape index (κ2) is 6.96. The number of hydrogen-bond donors (Lipinski definition) is 0. The fraction of sp³-hybridized carbons (Fsp3) is 0.286. The van der Waals surface area contributed by atoms with Crippen LogP contribution in [0.25, 0.3) is 10.9 Å². The molecule has 0 bridgehead atoms. The average Bonchev–Trinajstić information content (AvgIpc) is 3.07. The van der Waals surface area contributed by atoms with Crippen LogP contribution < -0.4 is 4.74 Å². The van der Waals surface area contributed by atoms with Crippen molar-refractivity contribution in [2.45, 2.75) is 27.9 Å². The minimum absolute atomic E-state index is 0.142. The Kier molecular flexibility index (Phi) is 4.95. The van der Waals surface area contributed by atoms with E-state index in [9.17, 15) is 13.2 Å². The van der Waals surface area contributed by atoms with Crippen LogP contribution in [0.2, 0.25) is 0 Å². The number of hydrogen-bond acceptors (Lipinski definition) is 4. The molecule has 1 aliphatic rings. The summed E-state index contributed by atoms with van der Waals surface area (Å²) in [7, 11) is -2.40. The highest BCUT2D eigenvalue weighted by Gasteiger charge is 2.50. The largest absolute Gasteiger partial charge is 0.497 e. The molecule has 3 aromatic rings. The monoisotopic (exact) mass is 539 g/mol. The first-order valence-corrected chi connectivity index (χ1v) is 12.1. The molecule has 152 valence electrons. The van der Waals surface area contributed by atoms with Gasteiger partial charge in [0.1, 0.15) is 8.98 Å². The van der Waals surface area contributed by atoms with E-state index in [1.54, 1.807) is 30.3 Å². The van der Waals surface area contributed by atoms with Crippen molar-refractivity contribution in [3.63, 3.8) is 0 Å². The summed E-state index contributed by atoms with van der Waals surface area (Å²) in [5, 5.41) is 0.631. The molecule has 0 amide bonds. The number of carbonyl (C=O) groups excluding carboxylic acids is 1. The standard InChI is InChI=1S/C21H19Br2NO4S/c1-12-13(2)21(22,23)20(25)18-16-6-4-5-7-17(16)24(19(12)18)29(26,27)15-10-8-14(28-3)9-11-15/h4-13H,1-3H3/t12-,13-/m0/s1. The number of nitrogens with zero attached hydrogens (tertiary/aromatic N) is 1. The summed E-state index contributed by atoms with van der Waals surface area (Å²) in [5.74, 6) is 0.0420. The molecule has 0 saturated carbocycles. The highest BCUT2D eigenvalue weighted by molar-refractivity contribution is 9.26. The lowest BCUT2D eigenvalue weighted by Crippen LogP contribution is -2.41. The van der Waals surface area contributed by atoms with Crippen LogP contribution >= 0.6 is 31.9 Å². The number of rotatable bonds is 3. The van der Waals surface area contributed by atoms with Crippen molar-refractivity contribution in [3.8, 4) is 5.75 Å². The van der Waals surface area contributed by atoms with Gasteiger partial charge in [0.05, 0.1) is 23.1 Å². The van der Waals surface area contributed by atoms with Crippen molar-refractivity contribution in [1.82, 2.24) is 3.97 Å². The zero-order valence-corrected chi connectivity index (χ0v) is 20.0. The summed E-state index contributed by atoms with van der Waals surface area (Å²) < 4.78 is 32.9. The molecule has 0 unspecified atom stereocenters. The number of ketones is 1. The molecule has 5 nitrogen and oxygen atoms in total. The Bertz CT molecular complexity index is 1230. The minimum atomic E-state index is -3.93. The lowest BCUT2D eigenvalue weighted by molar-refractivity contribution is 0.0945. The van der Waals surface area contributed by atoms with Gasteiger partial charge in [0.25, 0.3) is 10.0 Å². The van der Waals surface area contributed by atoms with Gasteiger partial charge >= 0.3 is 0 Å². The van der Waals surface area contributed by atoms with E-state index in [4.69, 9.17) is 4.74 Å². The molecule has 2 aromatic carbocycles. The number of methoxy groups -OCH3 is 1. The number of alkyl halides is 2. The summed E-state index contributed by atoms with van der Waals surface area (Å²) in [5.41, 5.74) is 1.46. The van der Waals surface area contributed by atoms with Crippen LogP contribution in [-0.4, -0.2) is 28.5 Å². The zero-order chi connectivity index (χ0) is 21.1. The second-order valence-electron chi connectivity index (χ2n) is 7.25. The lowest BCUT2D eigenvalue weighted by Gasteiger charge is -2.36. The number of carbonyl (C=O) groups is 1. The predicted molar refractivity (Wildman–Crippen MR) is 120 cm³/mol. The first-order chi connectivity index (χ1) is 13.6. The summed E-state index contributed by atoms with van der Waals surface area (Å²) >= 11 is 7.07. The zero-order valence-electron chi connectivity index (χ0n) is 16.0. The maximum absolute atomic E-state index is 13.7. The van der Waals surface area contributed by atoms with Crippen molar-refractivity contribution in [2.24, 2.45) is 5.92 Å². The van der Waals surface area contributed by atoms with Gasteiger partial charge in [-0.2, -0.15) is 0 Å². The van der Waals surface area contributed by atoms with Gasteiger partial charge in [-0.1, -0.05) is 63.9 Å². The highest BCUT2D eigenvalue weighted by Crippen LogP contribution is 2.52. The van der Waals surface area contributed by atoms with Crippen LogP contribution in [0, 0.1) is 5.92 Å². The van der Waals surface area contributed by atoms with E-state index in [0.717, 1.165) is 0 Å². The van der Waals surface area contributed by atoms with Crippen molar-refractivity contribution < 1.29 is 17.9 Å². The molecular weight excluding hydrogens is 522 g/mol.